The molecule has 0 fully saturated rings. The molecule has 0 amide bonds. The minimum absolute atomic E-state index is 0.597. The Hall–Kier alpha value is -1.32. The molecule has 0 spiro atoms. The van der Waals surface area contributed by atoms with E-state index in [0.29, 0.717) is 5.92 Å². The summed E-state index contributed by atoms with van der Waals surface area (Å²) in [5.74, 6) is 0.597. The first-order valence-corrected chi connectivity index (χ1v) is 7.92. The van der Waals surface area contributed by atoms with Crippen LogP contribution in [0.15, 0.2) is 24.3 Å². The second-order valence-electron chi connectivity index (χ2n) is 5.66. The van der Waals surface area contributed by atoms with Crippen LogP contribution in [-0.4, -0.2) is 22.9 Å². The van der Waals surface area contributed by atoms with E-state index >= 15 is 0 Å². The number of nitrogens with one attached hydrogen (secondary N) is 1. The molecule has 0 aliphatic rings. The minimum atomic E-state index is 0.597. The average Bonchev–Trinajstić information content (AvgIpc) is 2.73. The van der Waals surface area contributed by atoms with E-state index in [1.54, 1.807) is 0 Å². The molecule has 4 heteroatoms. The summed E-state index contributed by atoms with van der Waals surface area (Å²) in [4.78, 5) is 0. The van der Waals surface area contributed by atoms with Gasteiger partial charge < -0.3 is 5.32 Å². The van der Waals surface area contributed by atoms with Crippen molar-refractivity contribution in [2.45, 2.75) is 34.1 Å². The summed E-state index contributed by atoms with van der Waals surface area (Å²) in [5.41, 5.74) is 4.68. The normalized spacial score (nSPS) is 12.6. The second-order valence-corrected chi connectivity index (χ2v) is 6.09. The Labute approximate surface area is 132 Å². The van der Waals surface area contributed by atoms with Crippen molar-refractivity contribution in [1.29, 1.82) is 0 Å². The average molecular weight is 306 g/mol. The molecule has 1 unspecified atom stereocenters. The van der Waals surface area contributed by atoms with Gasteiger partial charge in [0.1, 0.15) is 0 Å². The molecule has 0 saturated heterocycles. The molecule has 2 aromatic rings. The molecule has 1 N–H and O–H groups in total. The van der Waals surface area contributed by atoms with Crippen LogP contribution < -0.4 is 5.32 Å². The maximum absolute atomic E-state index is 6.09. The van der Waals surface area contributed by atoms with Crippen molar-refractivity contribution in [3.05, 3.63) is 46.2 Å². The summed E-state index contributed by atoms with van der Waals surface area (Å²) in [6.45, 7) is 10.7. The Bertz CT molecular complexity index is 604. The highest BCUT2D eigenvalue weighted by Crippen LogP contribution is 2.22. The lowest BCUT2D eigenvalue weighted by molar-refractivity contribution is 0.519. The molecular weight excluding hydrogens is 282 g/mol. The number of hydrogen-bond donors (Lipinski definition) is 1. The zero-order chi connectivity index (χ0) is 15.4. The van der Waals surface area contributed by atoms with Crippen molar-refractivity contribution in [2.75, 3.05) is 13.1 Å². The van der Waals surface area contributed by atoms with Crippen molar-refractivity contribution in [3.8, 4) is 5.69 Å². The van der Waals surface area contributed by atoms with Crippen LogP contribution in [0.4, 0.5) is 0 Å². The van der Waals surface area contributed by atoms with Gasteiger partial charge in [0.05, 0.1) is 11.4 Å². The second kappa shape index (κ2) is 7.10. The summed E-state index contributed by atoms with van der Waals surface area (Å²) >= 11 is 6.09. The highest BCUT2D eigenvalue weighted by atomic mass is 35.5. The first kappa shape index (κ1) is 16.1. The van der Waals surface area contributed by atoms with Gasteiger partial charge in [0, 0.05) is 10.7 Å². The van der Waals surface area contributed by atoms with E-state index in [1.165, 1.54) is 11.3 Å². The Morgan fingerprint density at radius 3 is 2.76 bits per heavy atom. The fraction of sp³-hybridized carbons (Fsp3) is 0.471. The van der Waals surface area contributed by atoms with Crippen LogP contribution in [0, 0.1) is 19.8 Å². The van der Waals surface area contributed by atoms with Gasteiger partial charge in [-0.25, -0.2) is 4.68 Å². The Morgan fingerprint density at radius 2 is 2.10 bits per heavy atom. The summed E-state index contributed by atoms with van der Waals surface area (Å²) in [5, 5.41) is 8.84. The van der Waals surface area contributed by atoms with Gasteiger partial charge in [-0.05, 0) is 63.0 Å². The lowest BCUT2D eigenvalue weighted by Crippen LogP contribution is -2.22. The molecule has 3 nitrogen and oxygen atoms in total. The smallest absolute Gasteiger partial charge is 0.0663 e. The molecule has 0 radical (unpaired) electrons. The molecule has 1 heterocycles. The van der Waals surface area contributed by atoms with Crippen LogP contribution in [-0.2, 0) is 6.42 Å². The van der Waals surface area contributed by atoms with E-state index in [1.807, 2.05) is 28.9 Å². The van der Waals surface area contributed by atoms with E-state index < -0.39 is 0 Å². The summed E-state index contributed by atoms with van der Waals surface area (Å²) in [7, 11) is 0. The van der Waals surface area contributed by atoms with Gasteiger partial charge in [0.15, 0.2) is 0 Å². The standard InChI is InChI=1S/C17H24ClN3/c1-5-19-11-12(2)9-17-13(3)20-21(14(17)4)16-8-6-7-15(18)10-16/h6-8,10,12,19H,5,9,11H2,1-4H3. The number of aryl methyl sites for hydroxylation is 1. The largest absolute Gasteiger partial charge is 0.317 e. The van der Waals surface area contributed by atoms with Gasteiger partial charge in [-0.3, -0.25) is 0 Å². The summed E-state index contributed by atoms with van der Waals surface area (Å²) in [6, 6.07) is 7.84. The predicted molar refractivity (Wildman–Crippen MR) is 89.5 cm³/mol. The van der Waals surface area contributed by atoms with Crippen molar-refractivity contribution in [3.63, 3.8) is 0 Å². The minimum Gasteiger partial charge on any atom is -0.317 e. The lowest BCUT2D eigenvalue weighted by Gasteiger charge is -2.12. The molecule has 1 aromatic carbocycles. The fourth-order valence-corrected chi connectivity index (χ4v) is 2.83. The number of aromatic nitrogens is 2. The molecule has 114 valence electrons. The van der Waals surface area contributed by atoms with E-state index in [4.69, 9.17) is 16.7 Å². The topological polar surface area (TPSA) is 29.9 Å². The number of hydrogen-bond acceptors (Lipinski definition) is 2. The van der Waals surface area contributed by atoms with Gasteiger partial charge >= 0.3 is 0 Å². The van der Waals surface area contributed by atoms with E-state index in [-0.39, 0.29) is 0 Å². The zero-order valence-corrected chi connectivity index (χ0v) is 14.0. The number of nitrogens with zero attached hydrogens (tertiary/aromatic N) is 2. The van der Waals surface area contributed by atoms with Gasteiger partial charge in [0.2, 0.25) is 0 Å². The number of benzene rings is 1. The van der Waals surface area contributed by atoms with Gasteiger partial charge in [-0.2, -0.15) is 5.10 Å². The SMILES string of the molecule is CCNCC(C)Cc1c(C)nn(-c2cccc(Cl)c2)c1C. The molecule has 0 saturated carbocycles. The first-order chi connectivity index (χ1) is 10.0. The quantitative estimate of drug-likeness (QED) is 0.876. The van der Waals surface area contributed by atoms with Gasteiger partial charge in [-0.1, -0.05) is 31.5 Å². The highest BCUT2D eigenvalue weighted by Gasteiger charge is 2.15. The van der Waals surface area contributed by atoms with E-state index in [2.05, 4.69) is 33.0 Å². The molecule has 0 aliphatic carbocycles. The van der Waals surface area contributed by atoms with Crippen molar-refractivity contribution < 1.29 is 0 Å². The summed E-state index contributed by atoms with van der Waals surface area (Å²) in [6.07, 6.45) is 1.05. The Balaban J connectivity index is 2.25. The summed E-state index contributed by atoms with van der Waals surface area (Å²) < 4.78 is 2.00. The fourth-order valence-electron chi connectivity index (χ4n) is 2.64. The van der Waals surface area contributed by atoms with Crippen molar-refractivity contribution >= 4 is 11.6 Å². The third-order valence-corrected chi connectivity index (χ3v) is 4.02. The predicted octanol–water partition coefficient (Wildman–Crippen LogP) is 3.93. The third-order valence-electron chi connectivity index (χ3n) is 3.79. The van der Waals surface area contributed by atoms with E-state index in [9.17, 15) is 0 Å². The lowest BCUT2D eigenvalue weighted by atomic mass is 9.99. The molecule has 2 rings (SSSR count). The Kier molecular flexibility index (Phi) is 5.43. The zero-order valence-electron chi connectivity index (χ0n) is 13.3. The Morgan fingerprint density at radius 1 is 1.33 bits per heavy atom. The third kappa shape index (κ3) is 3.86. The van der Waals surface area contributed by atoms with Gasteiger partial charge in [-0.15, -0.1) is 0 Å². The monoisotopic (exact) mass is 305 g/mol. The maximum atomic E-state index is 6.09. The van der Waals surface area contributed by atoms with Crippen LogP contribution in [0.1, 0.15) is 30.8 Å². The van der Waals surface area contributed by atoms with Crippen molar-refractivity contribution in [2.24, 2.45) is 5.92 Å². The van der Waals surface area contributed by atoms with Crippen LogP contribution in [0.25, 0.3) is 5.69 Å². The molecule has 0 bridgehead atoms. The van der Waals surface area contributed by atoms with Crippen molar-refractivity contribution in [1.82, 2.24) is 15.1 Å². The molecule has 1 aromatic heterocycles. The van der Waals surface area contributed by atoms with Crippen LogP contribution in [0.3, 0.4) is 0 Å². The molecule has 21 heavy (non-hydrogen) atoms. The number of halogens is 1. The van der Waals surface area contributed by atoms with E-state index in [0.717, 1.165) is 35.9 Å². The molecule has 0 aliphatic heterocycles. The molecular formula is C17H24ClN3. The molecule has 1 atom stereocenters. The highest BCUT2D eigenvalue weighted by molar-refractivity contribution is 6.30. The van der Waals surface area contributed by atoms with Crippen LogP contribution in [0.5, 0.6) is 0 Å². The van der Waals surface area contributed by atoms with Crippen LogP contribution in [0.2, 0.25) is 5.02 Å². The van der Waals surface area contributed by atoms with Crippen LogP contribution >= 0.6 is 11.6 Å². The first-order valence-electron chi connectivity index (χ1n) is 7.54. The number of rotatable bonds is 6. The van der Waals surface area contributed by atoms with Gasteiger partial charge in [0.25, 0.3) is 0 Å². The maximum Gasteiger partial charge on any atom is 0.0663 e.